The number of hydrogen-bond acceptors (Lipinski definition) is 10. The standard InChI is InChI=1S/C30H34O10/c1-7-18(32)39-24-20(34)22-26(2)11-10-16(31)27(3,25(36)37-6)21(26)19(33)23(35)29(22,5)30-17(40-30)13-14(28(24,30)4)15-9-8-12-38-15/h8-12,14,17,20,22,24,33-34H,7,13H2,1-6H3. The molecule has 10 unspecified atom stereocenters. The van der Waals surface area contributed by atoms with Gasteiger partial charge in [-0.15, -0.1) is 0 Å². The van der Waals surface area contributed by atoms with E-state index in [1.165, 1.54) is 25.3 Å². The van der Waals surface area contributed by atoms with Crippen LogP contribution < -0.4 is 0 Å². The van der Waals surface area contributed by atoms with Crippen LogP contribution in [0, 0.1) is 27.6 Å². The predicted molar refractivity (Wildman–Crippen MR) is 137 cm³/mol. The highest BCUT2D eigenvalue weighted by molar-refractivity contribution is 6.15. The van der Waals surface area contributed by atoms with Crippen LogP contribution in [0.4, 0.5) is 0 Å². The molecule has 2 heterocycles. The maximum atomic E-state index is 14.5. The molecule has 0 radical (unpaired) electrons. The van der Waals surface area contributed by atoms with Gasteiger partial charge in [0.1, 0.15) is 17.5 Å². The van der Waals surface area contributed by atoms with Gasteiger partial charge in [-0.2, -0.15) is 0 Å². The Hall–Kier alpha value is -3.24. The zero-order chi connectivity index (χ0) is 29.2. The summed E-state index contributed by atoms with van der Waals surface area (Å²) in [6, 6.07) is 3.56. The van der Waals surface area contributed by atoms with E-state index >= 15 is 0 Å². The van der Waals surface area contributed by atoms with Gasteiger partial charge in [-0.3, -0.25) is 19.2 Å². The number of fused-ring (bicyclic) bond motifs is 3. The Bertz CT molecular complexity index is 1410. The van der Waals surface area contributed by atoms with E-state index < -0.39 is 80.8 Å². The van der Waals surface area contributed by atoms with Gasteiger partial charge in [0.05, 0.1) is 31.0 Å². The molecule has 10 heteroatoms. The second-order valence-corrected chi connectivity index (χ2v) is 12.5. The highest BCUT2D eigenvalue weighted by atomic mass is 16.6. The number of esters is 2. The number of allylic oxidation sites excluding steroid dienone is 3. The SMILES string of the molecule is CCC(=O)OC1C(O)C2C3(C)C=CC(=O)C(C)(C(=O)OC)C3=C(O)C(=O)C2(C)C23OC2CC(c2ccco2)C13C. The van der Waals surface area contributed by atoms with E-state index in [0.29, 0.717) is 12.2 Å². The molecule has 2 N–H and O–H groups in total. The zero-order valence-electron chi connectivity index (χ0n) is 23.3. The molecule has 6 rings (SSSR count). The van der Waals surface area contributed by atoms with Crippen molar-refractivity contribution in [2.75, 3.05) is 7.11 Å². The number of ketones is 2. The Morgan fingerprint density at radius 2 is 1.88 bits per heavy atom. The van der Waals surface area contributed by atoms with Gasteiger partial charge in [0, 0.05) is 34.7 Å². The number of carbonyl (C=O) groups is 4. The van der Waals surface area contributed by atoms with Crippen LogP contribution in [-0.4, -0.2) is 64.7 Å². The first-order chi connectivity index (χ1) is 18.7. The summed E-state index contributed by atoms with van der Waals surface area (Å²) >= 11 is 0. The Kier molecular flexibility index (Phi) is 5.35. The number of epoxide rings is 1. The van der Waals surface area contributed by atoms with Gasteiger partial charge in [0.2, 0.25) is 5.78 Å². The van der Waals surface area contributed by atoms with Crippen molar-refractivity contribution < 1.29 is 48.0 Å². The lowest BCUT2D eigenvalue weighted by Gasteiger charge is -2.65. The number of hydrogen-bond donors (Lipinski definition) is 2. The molecular formula is C30H34O10. The van der Waals surface area contributed by atoms with Crippen molar-refractivity contribution in [3.05, 3.63) is 47.6 Å². The van der Waals surface area contributed by atoms with Crippen LogP contribution in [0.5, 0.6) is 0 Å². The number of Topliss-reactive ketones (excluding diaryl/α,β-unsaturated/α-hetero) is 1. The average Bonchev–Trinajstić information content (AvgIpc) is 3.28. The van der Waals surface area contributed by atoms with Crippen molar-refractivity contribution in [1.82, 2.24) is 0 Å². The first kappa shape index (κ1) is 27.0. The fourth-order valence-electron chi connectivity index (χ4n) is 9.38. The van der Waals surface area contributed by atoms with Crippen LogP contribution in [0.25, 0.3) is 0 Å². The fraction of sp³-hybridized carbons (Fsp3) is 0.600. The minimum atomic E-state index is -2.01. The second kappa shape index (κ2) is 7.94. The molecule has 2 saturated carbocycles. The van der Waals surface area contributed by atoms with Gasteiger partial charge in [-0.25, -0.2) is 0 Å². The van der Waals surface area contributed by atoms with Gasteiger partial charge >= 0.3 is 11.9 Å². The normalized spacial score (nSPS) is 46.7. The van der Waals surface area contributed by atoms with Crippen LogP contribution in [0.1, 0.15) is 59.1 Å². The molecule has 40 heavy (non-hydrogen) atoms. The lowest BCUT2D eigenvalue weighted by molar-refractivity contribution is -0.241. The number of methoxy groups -OCH3 is 1. The zero-order valence-corrected chi connectivity index (χ0v) is 23.3. The number of aliphatic hydroxyl groups is 2. The number of aliphatic hydroxyl groups excluding tert-OH is 2. The van der Waals surface area contributed by atoms with Gasteiger partial charge in [0.15, 0.2) is 17.0 Å². The molecule has 10 atom stereocenters. The Morgan fingerprint density at radius 1 is 1.18 bits per heavy atom. The molecule has 0 amide bonds. The van der Waals surface area contributed by atoms with E-state index in [-0.39, 0.29) is 17.9 Å². The quantitative estimate of drug-likeness (QED) is 0.323. The van der Waals surface area contributed by atoms with E-state index in [1.807, 2.05) is 13.0 Å². The highest BCUT2D eigenvalue weighted by Crippen LogP contribution is 2.81. The summed E-state index contributed by atoms with van der Waals surface area (Å²) < 4.78 is 23.2. The smallest absolute Gasteiger partial charge is 0.323 e. The Labute approximate surface area is 231 Å². The molecule has 1 aliphatic heterocycles. The molecule has 214 valence electrons. The molecule has 1 spiro atoms. The molecule has 0 aromatic carbocycles. The van der Waals surface area contributed by atoms with Crippen molar-refractivity contribution in [3.63, 3.8) is 0 Å². The van der Waals surface area contributed by atoms with Crippen LogP contribution in [0.15, 0.2) is 46.3 Å². The molecule has 0 bridgehead atoms. The second-order valence-electron chi connectivity index (χ2n) is 12.5. The summed E-state index contributed by atoms with van der Waals surface area (Å²) in [5.74, 6) is -4.39. The van der Waals surface area contributed by atoms with Crippen molar-refractivity contribution in [3.8, 4) is 0 Å². The van der Waals surface area contributed by atoms with Gasteiger partial charge in [-0.1, -0.05) is 26.8 Å². The van der Waals surface area contributed by atoms with Crippen LogP contribution in [-0.2, 0) is 33.4 Å². The first-order valence-corrected chi connectivity index (χ1v) is 13.6. The van der Waals surface area contributed by atoms with Crippen molar-refractivity contribution in [2.24, 2.45) is 27.6 Å². The summed E-state index contributed by atoms with van der Waals surface area (Å²) in [4.78, 5) is 53.6. The third kappa shape index (κ3) is 2.63. The minimum absolute atomic E-state index is 0.0564. The van der Waals surface area contributed by atoms with E-state index in [0.717, 1.165) is 7.11 Å². The summed E-state index contributed by atoms with van der Waals surface area (Å²) in [5, 5.41) is 24.0. The van der Waals surface area contributed by atoms with E-state index in [4.69, 9.17) is 18.6 Å². The summed E-state index contributed by atoms with van der Waals surface area (Å²) in [5.41, 5.74) is -7.46. The highest BCUT2D eigenvalue weighted by Gasteiger charge is 2.91. The number of carbonyl (C=O) groups excluding carboxylic acids is 4. The number of rotatable bonds is 4. The fourth-order valence-corrected chi connectivity index (χ4v) is 9.38. The molecule has 10 nitrogen and oxygen atoms in total. The topological polar surface area (TPSA) is 153 Å². The third-order valence-corrected chi connectivity index (χ3v) is 11.0. The van der Waals surface area contributed by atoms with Gasteiger partial charge in [-0.05, 0) is 38.5 Å². The molecule has 1 aromatic rings. The number of furan rings is 1. The van der Waals surface area contributed by atoms with Gasteiger partial charge in [0.25, 0.3) is 0 Å². The molecule has 3 fully saturated rings. The summed E-state index contributed by atoms with van der Waals surface area (Å²) in [7, 11) is 1.12. The minimum Gasteiger partial charge on any atom is -0.504 e. The first-order valence-electron chi connectivity index (χ1n) is 13.6. The van der Waals surface area contributed by atoms with E-state index in [1.54, 1.807) is 26.8 Å². The predicted octanol–water partition coefficient (Wildman–Crippen LogP) is 2.95. The number of ether oxygens (including phenoxy) is 3. The van der Waals surface area contributed by atoms with Crippen LogP contribution in [0.2, 0.25) is 0 Å². The molecule has 4 aliphatic carbocycles. The maximum Gasteiger partial charge on any atom is 0.323 e. The Morgan fingerprint density at radius 3 is 2.48 bits per heavy atom. The van der Waals surface area contributed by atoms with Gasteiger partial charge < -0.3 is 28.8 Å². The Balaban J connectivity index is 1.65. The van der Waals surface area contributed by atoms with E-state index in [2.05, 4.69) is 0 Å². The van der Waals surface area contributed by atoms with Crippen LogP contribution in [0.3, 0.4) is 0 Å². The van der Waals surface area contributed by atoms with E-state index in [9.17, 15) is 29.4 Å². The lowest BCUT2D eigenvalue weighted by Crippen LogP contribution is -2.75. The molecule has 5 aliphatic rings. The monoisotopic (exact) mass is 554 g/mol. The molecule has 1 aromatic heterocycles. The lowest BCUT2D eigenvalue weighted by atomic mass is 9.38. The summed E-state index contributed by atoms with van der Waals surface area (Å²) in [6.45, 7) is 8.15. The molecular weight excluding hydrogens is 520 g/mol. The van der Waals surface area contributed by atoms with Crippen LogP contribution >= 0.6 is 0 Å². The third-order valence-electron chi connectivity index (χ3n) is 11.0. The average molecular weight is 555 g/mol. The van der Waals surface area contributed by atoms with Crippen molar-refractivity contribution in [1.29, 1.82) is 0 Å². The largest absolute Gasteiger partial charge is 0.504 e. The maximum absolute atomic E-state index is 14.5. The molecule has 1 saturated heterocycles. The van der Waals surface area contributed by atoms with Crippen molar-refractivity contribution in [2.45, 2.75) is 77.3 Å². The summed E-state index contributed by atoms with van der Waals surface area (Å²) in [6.07, 6.45) is 1.75. The van der Waals surface area contributed by atoms with Crippen molar-refractivity contribution >= 4 is 23.5 Å².